The van der Waals surface area contributed by atoms with Crippen molar-refractivity contribution in [3.63, 3.8) is 0 Å². The Balaban J connectivity index is 1.82. The average molecular weight is 447 g/mol. The molecule has 0 spiro atoms. The molecule has 3 heterocycles. The molecule has 0 aliphatic carbocycles. The molecule has 0 amide bonds. The second-order valence-electron chi connectivity index (χ2n) is 7.47. The number of nitrogens with zero attached hydrogens (tertiary/aromatic N) is 2. The van der Waals surface area contributed by atoms with Gasteiger partial charge in [0.2, 0.25) is 0 Å². The number of rotatable bonds is 3. The zero-order chi connectivity index (χ0) is 20.8. The molecule has 1 aromatic heterocycles. The van der Waals surface area contributed by atoms with Crippen LogP contribution in [0.3, 0.4) is 0 Å². The number of aromatic carboxylic acids is 1. The van der Waals surface area contributed by atoms with Gasteiger partial charge in [-0.25, -0.2) is 4.79 Å². The molecule has 2 aromatic carbocycles. The zero-order valence-electron chi connectivity index (χ0n) is 16.2. The number of carboxylic acid groups (broad SMARTS) is 1. The van der Waals surface area contributed by atoms with Crippen LogP contribution in [0.5, 0.6) is 11.5 Å². The summed E-state index contributed by atoms with van der Waals surface area (Å²) in [6.45, 7) is 2.51. The fourth-order valence-corrected chi connectivity index (χ4v) is 4.77. The smallest absolute Gasteiger partial charge is 0.355 e. The predicted octanol–water partition coefficient (Wildman–Crippen LogP) is 5.40. The van der Waals surface area contributed by atoms with Crippen LogP contribution < -0.4 is 14.4 Å². The topological polar surface area (TPSA) is 63.9 Å². The van der Waals surface area contributed by atoms with Crippen molar-refractivity contribution in [2.75, 3.05) is 31.2 Å². The highest BCUT2D eigenvalue weighted by atomic mass is 35.5. The highest BCUT2D eigenvalue weighted by Crippen LogP contribution is 2.44. The van der Waals surface area contributed by atoms with Crippen molar-refractivity contribution in [3.8, 4) is 17.2 Å². The van der Waals surface area contributed by atoms with Crippen molar-refractivity contribution in [3.05, 3.63) is 46.1 Å². The molecule has 0 bridgehead atoms. The van der Waals surface area contributed by atoms with E-state index in [0.29, 0.717) is 57.0 Å². The third-order valence-electron chi connectivity index (χ3n) is 5.66. The molecule has 0 radical (unpaired) electrons. The summed E-state index contributed by atoms with van der Waals surface area (Å²) in [5.74, 6) is 0.223. The number of carbonyl (C=O) groups is 1. The first-order chi connectivity index (χ1) is 14.6. The van der Waals surface area contributed by atoms with Gasteiger partial charge in [0.15, 0.2) is 17.2 Å². The first kappa shape index (κ1) is 19.4. The molecule has 6 nitrogen and oxygen atoms in total. The molecular weight excluding hydrogens is 427 g/mol. The number of benzene rings is 2. The Morgan fingerprint density at radius 3 is 2.43 bits per heavy atom. The fraction of sp³-hybridized carbons (Fsp3) is 0.318. The molecule has 2 aliphatic rings. The standard InChI is InChI=1S/C22H20Cl2N2O4/c23-14-5-6-15-18(19(14)24)20(25-8-2-1-3-9-25)21(22(27)28)26(15)13-4-7-16-17(12-13)30-11-10-29-16/h4-7,12H,1-3,8-11H2,(H,27,28). The molecule has 8 heteroatoms. The molecule has 0 saturated carbocycles. The molecule has 1 fully saturated rings. The van der Waals surface area contributed by atoms with Crippen LogP contribution in [0.15, 0.2) is 30.3 Å². The zero-order valence-corrected chi connectivity index (χ0v) is 17.7. The second kappa shape index (κ2) is 7.60. The molecule has 3 aromatic rings. The van der Waals surface area contributed by atoms with Crippen LogP contribution in [0, 0.1) is 0 Å². The van der Waals surface area contributed by atoms with Gasteiger partial charge >= 0.3 is 5.97 Å². The van der Waals surface area contributed by atoms with Crippen molar-refractivity contribution >= 4 is 45.8 Å². The summed E-state index contributed by atoms with van der Waals surface area (Å²) >= 11 is 13.0. The number of halogens is 2. The molecule has 1 N–H and O–H groups in total. The highest BCUT2D eigenvalue weighted by molar-refractivity contribution is 6.46. The summed E-state index contributed by atoms with van der Waals surface area (Å²) in [5, 5.41) is 11.7. The number of fused-ring (bicyclic) bond motifs is 2. The molecule has 0 unspecified atom stereocenters. The van der Waals surface area contributed by atoms with Crippen molar-refractivity contribution < 1.29 is 19.4 Å². The quantitative estimate of drug-likeness (QED) is 0.583. The maximum atomic E-state index is 12.5. The van der Waals surface area contributed by atoms with Crippen LogP contribution in [0.2, 0.25) is 10.0 Å². The minimum atomic E-state index is -1.02. The van der Waals surface area contributed by atoms with Gasteiger partial charge in [-0.1, -0.05) is 23.2 Å². The van der Waals surface area contributed by atoms with E-state index in [1.165, 1.54) is 0 Å². The third kappa shape index (κ3) is 3.06. The first-order valence-electron chi connectivity index (χ1n) is 9.97. The number of anilines is 1. The fourth-order valence-electron chi connectivity index (χ4n) is 4.36. The number of aromatic nitrogens is 1. The van der Waals surface area contributed by atoms with Crippen LogP contribution in [0.1, 0.15) is 29.8 Å². The molecule has 30 heavy (non-hydrogen) atoms. The van der Waals surface area contributed by atoms with E-state index < -0.39 is 5.97 Å². The van der Waals surface area contributed by atoms with Crippen LogP contribution in [-0.2, 0) is 0 Å². The van der Waals surface area contributed by atoms with Crippen molar-refractivity contribution in [2.24, 2.45) is 0 Å². The van der Waals surface area contributed by atoms with Gasteiger partial charge < -0.3 is 24.0 Å². The minimum Gasteiger partial charge on any atom is -0.486 e. The van der Waals surface area contributed by atoms with Gasteiger partial charge in [-0.3, -0.25) is 0 Å². The predicted molar refractivity (Wildman–Crippen MR) is 117 cm³/mol. The van der Waals surface area contributed by atoms with Gasteiger partial charge in [-0.05, 0) is 43.5 Å². The minimum absolute atomic E-state index is 0.174. The normalized spacial score (nSPS) is 16.1. The van der Waals surface area contributed by atoms with Crippen molar-refractivity contribution in [1.29, 1.82) is 0 Å². The molecule has 5 rings (SSSR count). The summed E-state index contributed by atoms with van der Waals surface area (Å²) in [4.78, 5) is 14.7. The van der Waals surface area contributed by atoms with Crippen molar-refractivity contribution in [2.45, 2.75) is 19.3 Å². The lowest BCUT2D eigenvalue weighted by molar-refractivity contribution is 0.0689. The molecular formula is C22H20Cl2N2O4. The number of hydrogen-bond acceptors (Lipinski definition) is 4. The Morgan fingerprint density at radius 2 is 1.70 bits per heavy atom. The summed E-state index contributed by atoms with van der Waals surface area (Å²) in [7, 11) is 0. The second-order valence-corrected chi connectivity index (χ2v) is 8.25. The van der Waals surface area contributed by atoms with Crippen LogP contribution in [0.25, 0.3) is 16.6 Å². The maximum Gasteiger partial charge on any atom is 0.355 e. The van der Waals surface area contributed by atoms with Crippen molar-refractivity contribution in [1.82, 2.24) is 4.57 Å². The van der Waals surface area contributed by atoms with E-state index in [2.05, 4.69) is 4.90 Å². The van der Waals surface area contributed by atoms with E-state index in [1.54, 1.807) is 16.7 Å². The number of piperidine rings is 1. The average Bonchev–Trinajstić information content (AvgIpc) is 3.13. The summed E-state index contributed by atoms with van der Waals surface area (Å²) < 4.78 is 13.1. The van der Waals surface area contributed by atoms with Gasteiger partial charge in [0.25, 0.3) is 0 Å². The van der Waals surface area contributed by atoms with E-state index in [0.717, 1.165) is 32.4 Å². The van der Waals surface area contributed by atoms with Gasteiger partial charge in [0.1, 0.15) is 13.2 Å². The van der Waals surface area contributed by atoms with E-state index in [9.17, 15) is 9.90 Å². The lowest BCUT2D eigenvalue weighted by Gasteiger charge is -2.29. The molecule has 156 valence electrons. The van der Waals surface area contributed by atoms with E-state index >= 15 is 0 Å². The highest BCUT2D eigenvalue weighted by Gasteiger charge is 2.30. The molecule has 2 aliphatic heterocycles. The van der Waals surface area contributed by atoms with Gasteiger partial charge in [-0.2, -0.15) is 0 Å². The number of carboxylic acids is 1. The summed E-state index contributed by atoms with van der Waals surface area (Å²) in [6, 6.07) is 8.97. The lowest BCUT2D eigenvalue weighted by Crippen LogP contribution is -2.30. The SMILES string of the molecule is O=C(O)c1c(N2CCCCC2)c2c(Cl)c(Cl)ccc2n1-c1ccc2c(c1)OCCO2. The van der Waals surface area contributed by atoms with E-state index in [4.69, 9.17) is 32.7 Å². The summed E-state index contributed by atoms with van der Waals surface area (Å²) in [6.07, 6.45) is 3.15. The Bertz CT molecular complexity index is 1150. The lowest BCUT2D eigenvalue weighted by atomic mass is 10.1. The first-order valence-corrected chi connectivity index (χ1v) is 10.7. The Morgan fingerprint density at radius 1 is 0.967 bits per heavy atom. The Labute approximate surface area is 183 Å². The largest absolute Gasteiger partial charge is 0.486 e. The molecule has 0 atom stereocenters. The summed E-state index contributed by atoms with van der Waals surface area (Å²) in [5.41, 5.74) is 2.16. The monoisotopic (exact) mass is 446 g/mol. The Kier molecular flexibility index (Phi) is 4.91. The van der Waals surface area contributed by atoms with Crippen LogP contribution in [-0.4, -0.2) is 41.9 Å². The molecule has 1 saturated heterocycles. The third-order valence-corrected chi connectivity index (χ3v) is 6.46. The van der Waals surface area contributed by atoms with E-state index in [-0.39, 0.29) is 5.69 Å². The maximum absolute atomic E-state index is 12.5. The van der Waals surface area contributed by atoms with Gasteiger partial charge in [-0.15, -0.1) is 0 Å². The Hall–Kier alpha value is -2.57. The van der Waals surface area contributed by atoms with Gasteiger partial charge in [0, 0.05) is 24.5 Å². The number of ether oxygens (including phenoxy) is 2. The van der Waals surface area contributed by atoms with Crippen LogP contribution >= 0.6 is 23.2 Å². The van der Waals surface area contributed by atoms with Gasteiger partial charge in [0.05, 0.1) is 26.9 Å². The van der Waals surface area contributed by atoms with Crippen LogP contribution in [0.4, 0.5) is 5.69 Å². The number of hydrogen-bond donors (Lipinski definition) is 1. The van der Waals surface area contributed by atoms with E-state index in [1.807, 2.05) is 18.2 Å².